The molecule has 0 saturated carbocycles. The Kier molecular flexibility index (Phi) is 5.97. The molecule has 0 radical (unpaired) electrons. The third kappa shape index (κ3) is 4.01. The van der Waals surface area contributed by atoms with Crippen molar-refractivity contribution in [3.63, 3.8) is 0 Å². The lowest BCUT2D eigenvalue weighted by molar-refractivity contribution is 0.432. The number of hydrogen-bond donors (Lipinski definition) is 1. The van der Waals surface area contributed by atoms with E-state index in [1.54, 1.807) is 0 Å². The maximum Gasteiger partial charge on any atom is 0.258 e. The number of pyridine rings is 1. The standard InChI is InChI=1S/C22H28N4O2/c1-6-9-16-12-17(10-14(4)20(16)27)21-24-22(28-25-21)18-11-15(5)23-19(13-18)26(7-2)8-3/h10-13,27H,6-9H2,1-5H3. The van der Waals surface area contributed by atoms with Crippen molar-refractivity contribution in [3.05, 3.63) is 41.1 Å². The molecule has 0 aliphatic heterocycles. The molecular formula is C22H28N4O2. The van der Waals surface area contributed by atoms with E-state index < -0.39 is 0 Å². The second-order valence-electron chi connectivity index (χ2n) is 7.00. The number of phenolic OH excluding ortho intramolecular Hbond substituents is 1. The van der Waals surface area contributed by atoms with Crippen LogP contribution in [0.4, 0.5) is 5.82 Å². The molecule has 148 valence electrons. The normalized spacial score (nSPS) is 11.0. The molecule has 0 bridgehead atoms. The average Bonchev–Trinajstić information content (AvgIpc) is 3.16. The summed E-state index contributed by atoms with van der Waals surface area (Å²) in [5.41, 5.74) is 4.34. The predicted molar refractivity (Wildman–Crippen MR) is 112 cm³/mol. The maximum atomic E-state index is 10.3. The van der Waals surface area contributed by atoms with Gasteiger partial charge in [-0.15, -0.1) is 0 Å². The zero-order chi connectivity index (χ0) is 20.3. The molecule has 2 heterocycles. The van der Waals surface area contributed by atoms with E-state index in [1.165, 1.54) is 0 Å². The fraction of sp³-hybridized carbons (Fsp3) is 0.409. The fourth-order valence-corrected chi connectivity index (χ4v) is 3.38. The molecule has 1 N–H and O–H groups in total. The van der Waals surface area contributed by atoms with Crippen molar-refractivity contribution in [3.8, 4) is 28.6 Å². The number of rotatable bonds is 7. The number of aromatic hydroxyl groups is 1. The van der Waals surface area contributed by atoms with Crippen LogP contribution in [0.5, 0.6) is 5.75 Å². The van der Waals surface area contributed by atoms with Gasteiger partial charge in [-0.25, -0.2) is 4.98 Å². The first-order valence-corrected chi connectivity index (χ1v) is 9.87. The van der Waals surface area contributed by atoms with Crippen LogP contribution < -0.4 is 4.90 Å². The average molecular weight is 380 g/mol. The first kappa shape index (κ1) is 19.9. The number of hydrogen-bond acceptors (Lipinski definition) is 6. The largest absolute Gasteiger partial charge is 0.507 e. The lowest BCUT2D eigenvalue weighted by Gasteiger charge is -2.20. The summed E-state index contributed by atoms with van der Waals surface area (Å²) < 4.78 is 5.56. The van der Waals surface area contributed by atoms with Crippen molar-refractivity contribution < 1.29 is 9.63 Å². The molecule has 3 aromatic rings. The van der Waals surface area contributed by atoms with Crippen molar-refractivity contribution in [2.45, 2.75) is 47.5 Å². The second-order valence-corrected chi connectivity index (χ2v) is 7.00. The second kappa shape index (κ2) is 8.42. The molecule has 0 aliphatic carbocycles. The minimum absolute atomic E-state index is 0.350. The van der Waals surface area contributed by atoms with Crippen molar-refractivity contribution in [2.24, 2.45) is 0 Å². The lowest BCUT2D eigenvalue weighted by atomic mass is 10.0. The molecule has 0 atom stereocenters. The van der Waals surface area contributed by atoms with Crippen LogP contribution in [-0.4, -0.2) is 33.3 Å². The molecule has 0 aliphatic rings. The van der Waals surface area contributed by atoms with Gasteiger partial charge in [0.2, 0.25) is 5.82 Å². The van der Waals surface area contributed by atoms with Gasteiger partial charge in [-0.3, -0.25) is 0 Å². The van der Waals surface area contributed by atoms with Crippen LogP contribution in [0.15, 0.2) is 28.8 Å². The number of benzene rings is 1. The molecule has 6 nitrogen and oxygen atoms in total. The van der Waals surface area contributed by atoms with Crippen molar-refractivity contribution in [1.29, 1.82) is 0 Å². The van der Waals surface area contributed by atoms with Crippen molar-refractivity contribution >= 4 is 5.82 Å². The van der Waals surface area contributed by atoms with Gasteiger partial charge >= 0.3 is 0 Å². The van der Waals surface area contributed by atoms with Gasteiger partial charge in [0, 0.05) is 29.9 Å². The van der Waals surface area contributed by atoms with Gasteiger partial charge in [0.1, 0.15) is 11.6 Å². The monoisotopic (exact) mass is 380 g/mol. The Morgan fingerprint density at radius 2 is 1.71 bits per heavy atom. The first-order chi connectivity index (χ1) is 13.5. The zero-order valence-corrected chi connectivity index (χ0v) is 17.3. The summed E-state index contributed by atoms with van der Waals surface area (Å²) in [5, 5.41) is 14.4. The summed E-state index contributed by atoms with van der Waals surface area (Å²) in [4.78, 5) is 11.4. The Balaban J connectivity index is 1.99. The molecule has 2 aromatic heterocycles. The van der Waals surface area contributed by atoms with Crippen LogP contribution in [0.3, 0.4) is 0 Å². The van der Waals surface area contributed by atoms with Crippen LogP contribution in [0.25, 0.3) is 22.8 Å². The number of anilines is 1. The summed E-state index contributed by atoms with van der Waals surface area (Å²) in [6.45, 7) is 11.9. The number of aryl methyl sites for hydroxylation is 3. The molecule has 28 heavy (non-hydrogen) atoms. The highest BCUT2D eigenvalue weighted by molar-refractivity contribution is 5.65. The summed E-state index contributed by atoms with van der Waals surface area (Å²) in [6, 6.07) is 7.78. The van der Waals surface area contributed by atoms with E-state index >= 15 is 0 Å². The van der Waals surface area contributed by atoms with Gasteiger partial charge in [0.05, 0.1) is 0 Å². The number of nitrogens with zero attached hydrogens (tertiary/aromatic N) is 4. The smallest absolute Gasteiger partial charge is 0.258 e. The highest BCUT2D eigenvalue weighted by Gasteiger charge is 2.16. The molecule has 0 saturated heterocycles. The van der Waals surface area contributed by atoms with Gasteiger partial charge in [-0.1, -0.05) is 18.5 Å². The van der Waals surface area contributed by atoms with Crippen molar-refractivity contribution in [1.82, 2.24) is 15.1 Å². The van der Waals surface area contributed by atoms with E-state index in [9.17, 15) is 5.11 Å². The Labute approximate surface area is 166 Å². The SMILES string of the molecule is CCCc1cc(-c2noc(-c3cc(C)nc(N(CC)CC)c3)n2)cc(C)c1O. The molecule has 1 aromatic carbocycles. The zero-order valence-electron chi connectivity index (χ0n) is 17.3. The van der Waals surface area contributed by atoms with E-state index in [2.05, 4.69) is 40.8 Å². The van der Waals surface area contributed by atoms with E-state index in [0.29, 0.717) is 17.5 Å². The molecule has 0 unspecified atom stereocenters. The van der Waals surface area contributed by atoms with Crippen LogP contribution in [0.2, 0.25) is 0 Å². The first-order valence-electron chi connectivity index (χ1n) is 9.87. The third-order valence-electron chi connectivity index (χ3n) is 4.86. The molecule has 6 heteroatoms. The van der Waals surface area contributed by atoms with Gasteiger partial charge in [-0.05, 0) is 69.5 Å². The summed E-state index contributed by atoms with van der Waals surface area (Å²) >= 11 is 0. The molecule has 0 amide bonds. The summed E-state index contributed by atoms with van der Waals surface area (Å²) in [6.07, 6.45) is 1.76. The van der Waals surface area contributed by atoms with Gasteiger partial charge in [0.15, 0.2) is 0 Å². The minimum Gasteiger partial charge on any atom is -0.507 e. The summed E-state index contributed by atoms with van der Waals surface area (Å²) in [7, 11) is 0. The maximum absolute atomic E-state index is 10.3. The lowest BCUT2D eigenvalue weighted by Crippen LogP contribution is -2.23. The Bertz CT molecular complexity index is 961. The number of phenols is 1. The van der Waals surface area contributed by atoms with Crippen LogP contribution in [-0.2, 0) is 6.42 Å². The predicted octanol–water partition coefficient (Wildman–Crippen LogP) is 4.92. The molecule has 0 fully saturated rings. The quantitative estimate of drug-likeness (QED) is 0.627. The van der Waals surface area contributed by atoms with Crippen LogP contribution in [0, 0.1) is 13.8 Å². The number of aromatic nitrogens is 3. The van der Waals surface area contributed by atoms with E-state index in [1.807, 2.05) is 38.1 Å². The highest BCUT2D eigenvalue weighted by atomic mass is 16.5. The highest BCUT2D eigenvalue weighted by Crippen LogP contribution is 2.31. The Morgan fingerprint density at radius 3 is 2.39 bits per heavy atom. The van der Waals surface area contributed by atoms with Gasteiger partial charge in [-0.2, -0.15) is 4.98 Å². The van der Waals surface area contributed by atoms with Gasteiger partial charge in [0.25, 0.3) is 5.89 Å². The topological polar surface area (TPSA) is 75.3 Å². The van der Waals surface area contributed by atoms with Gasteiger partial charge < -0.3 is 14.5 Å². The van der Waals surface area contributed by atoms with Crippen LogP contribution in [0.1, 0.15) is 44.0 Å². The fourth-order valence-electron chi connectivity index (χ4n) is 3.38. The summed E-state index contributed by atoms with van der Waals surface area (Å²) in [5.74, 6) is 2.25. The van der Waals surface area contributed by atoms with Crippen LogP contribution >= 0.6 is 0 Å². The molecular weight excluding hydrogens is 352 g/mol. The Hall–Kier alpha value is -2.89. The van der Waals surface area contributed by atoms with E-state index in [-0.39, 0.29) is 0 Å². The van der Waals surface area contributed by atoms with E-state index in [4.69, 9.17) is 4.52 Å². The van der Waals surface area contributed by atoms with Crippen molar-refractivity contribution in [2.75, 3.05) is 18.0 Å². The Morgan fingerprint density at radius 1 is 0.964 bits per heavy atom. The third-order valence-corrected chi connectivity index (χ3v) is 4.86. The molecule has 0 spiro atoms. The minimum atomic E-state index is 0.350. The molecule has 3 rings (SSSR count). The van der Waals surface area contributed by atoms with E-state index in [0.717, 1.165) is 59.7 Å².